The number of nitrogens with zero attached hydrogens (tertiary/aromatic N) is 7. The van der Waals surface area contributed by atoms with Gasteiger partial charge in [0.15, 0.2) is 0 Å². The third-order valence-corrected chi connectivity index (χ3v) is 20.6. The summed E-state index contributed by atoms with van der Waals surface area (Å²) < 4.78 is 121. The Morgan fingerprint density at radius 3 is 2.02 bits per heavy atom. The van der Waals surface area contributed by atoms with E-state index in [9.17, 15) is 54.7 Å². The van der Waals surface area contributed by atoms with Crippen LogP contribution >= 0.6 is 11.6 Å². The number of rotatable bonds is 27. The van der Waals surface area contributed by atoms with Gasteiger partial charge in [0.25, 0.3) is 11.8 Å². The minimum atomic E-state index is -5.16. The van der Waals surface area contributed by atoms with E-state index in [1.54, 1.807) is 40.9 Å². The third-order valence-electron chi connectivity index (χ3n) is 20.3. The van der Waals surface area contributed by atoms with E-state index in [2.05, 4.69) is 27.2 Å². The fourth-order valence-electron chi connectivity index (χ4n) is 14.3. The summed E-state index contributed by atoms with van der Waals surface area (Å²) in [5.41, 5.74) is 0.632. The molecule has 101 heavy (non-hydrogen) atoms. The van der Waals surface area contributed by atoms with Gasteiger partial charge in [-0.1, -0.05) is 103 Å². The molecule has 1 spiro atoms. The highest BCUT2D eigenvalue weighted by molar-refractivity contribution is 6.33. The summed E-state index contributed by atoms with van der Waals surface area (Å²) in [6.07, 6.45) is -4.49. The summed E-state index contributed by atoms with van der Waals surface area (Å²) in [5, 5.41) is 3.31. The molecule has 25 heteroatoms. The Hall–Kier alpha value is -8.29. The van der Waals surface area contributed by atoms with Crippen LogP contribution in [0.2, 0.25) is 5.02 Å². The number of carbonyl (C=O) groups excluding carboxylic acids is 5. The highest BCUT2D eigenvalue weighted by Gasteiger charge is 2.50. The van der Waals surface area contributed by atoms with E-state index in [1.165, 1.54) is 31.4 Å². The fraction of sp³-hybridized carbons (Fsp3) is 0.461. The SMILES string of the molecule is COc1cc(N(C)CCCCCC(=O)N(C)CCN2CCC(OC(=O)Nc3ccccc3-c3ccccc3)CC2)c(Cl)cc1C(=O)N(C)CCCN(C)C(=O)CO[C@H]1Cc2ccccc2C12CCN(CC[C@]1(c3ccc(F)cc3)CN(C(=O)c3cc(C(F)(F)F)cc(C(F)(F)F)c3)CO1)CC2. The molecule has 1 aliphatic carbocycles. The second kappa shape index (κ2) is 33.2. The molecule has 6 aromatic carbocycles. The number of para-hydroxylation sites is 1. The van der Waals surface area contributed by atoms with Crippen LogP contribution in [0.15, 0.2) is 133 Å². The largest absolute Gasteiger partial charge is 0.496 e. The lowest BCUT2D eigenvalue weighted by atomic mass is 9.72. The number of halogens is 8. The van der Waals surface area contributed by atoms with Gasteiger partial charge in [-0.05, 0) is 136 Å². The minimum absolute atomic E-state index is 0.0317. The second-order valence-electron chi connectivity index (χ2n) is 26.9. The first-order chi connectivity index (χ1) is 48.2. The van der Waals surface area contributed by atoms with Gasteiger partial charge in [-0.3, -0.25) is 24.5 Å². The van der Waals surface area contributed by atoms with Crippen LogP contribution in [0.5, 0.6) is 5.75 Å². The van der Waals surface area contributed by atoms with Crippen molar-refractivity contribution in [1.29, 1.82) is 0 Å². The number of ether oxygens (including phenoxy) is 4. The second-order valence-corrected chi connectivity index (χ2v) is 27.3. The van der Waals surface area contributed by atoms with Gasteiger partial charge in [0.2, 0.25) is 11.8 Å². The van der Waals surface area contributed by atoms with Crippen LogP contribution in [0.25, 0.3) is 11.1 Å². The number of benzene rings is 6. The van der Waals surface area contributed by atoms with Crippen molar-refractivity contribution >= 4 is 52.7 Å². The van der Waals surface area contributed by atoms with Gasteiger partial charge in [-0.15, -0.1) is 0 Å². The number of hydrogen-bond acceptors (Lipinski definition) is 12. The van der Waals surface area contributed by atoms with Gasteiger partial charge in [0.05, 0.1) is 52.8 Å². The lowest BCUT2D eigenvalue weighted by Crippen LogP contribution is -2.50. The zero-order valence-electron chi connectivity index (χ0n) is 57.7. The lowest BCUT2D eigenvalue weighted by Gasteiger charge is -2.44. The first-order valence-electron chi connectivity index (χ1n) is 34.3. The van der Waals surface area contributed by atoms with Crippen LogP contribution in [-0.2, 0) is 53.6 Å². The molecule has 0 unspecified atom stereocenters. The zero-order valence-corrected chi connectivity index (χ0v) is 58.4. The molecule has 0 aromatic heterocycles. The van der Waals surface area contributed by atoms with Crippen molar-refractivity contribution in [3.63, 3.8) is 0 Å². The third kappa shape index (κ3) is 18.7. The molecular weight excluding hydrogens is 1340 g/mol. The normalized spacial score (nSPS) is 17.9. The highest BCUT2D eigenvalue weighted by Crippen LogP contribution is 2.49. The van der Waals surface area contributed by atoms with Gasteiger partial charge in [0.1, 0.15) is 36.6 Å². The molecule has 5 amide bonds. The van der Waals surface area contributed by atoms with E-state index in [0.717, 1.165) is 66.1 Å². The van der Waals surface area contributed by atoms with Crippen LogP contribution in [0.1, 0.15) is 113 Å². The Morgan fingerprint density at radius 2 is 1.33 bits per heavy atom. The Morgan fingerprint density at radius 1 is 0.683 bits per heavy atom. The number of nitrogens with one attached hydrogen (secondary N) is 1. The van der Waals surface area contributed by atoms with Gasteiger partial charge in [0, 0.05) is 110 Å². The molecule has 2 atom stereocenters. The number of anilines is 2. The molecular formula is C76H88ClF7N8O9. The Bertz CT molecular complexity index is 3820. The van der Waals surface area contributed by atoms with Crippen molar-refractivity contribution in [2.24, 2.45) is 0 Å². The quantitative estimate of drug-likeness (QED) is 0.0385. The first-order valence-corrected chi connectivity index (χ1v) is 34.7. The Kier molecular flexibility index (Phi) is 24.8. The van der Waals surface area contributed by atoms with Crippen molar-refractivity contribution < 1.29 is 73.7 Å². The number of methoxy groups -OCH3 is 1. The topological polar surface area (TPSA) is 157 Å². The number of carbonyl (C=O) groups is 5. The summed E-state index contributed by atoms with van der Waals surface area (Å²) in [5.74, 6) is -1.70. The zero-order chi connectivity index (χ0) is 72.2. The van der Waals surface area contributed by atoms with E-state index >= 15 is 0 Å². The van der Waals surface area contributed by atoms with Gasteiger partial charge >= 0.3 is 18.4 Å². The van der Waals surface area contributed by atoms with Crippen molar-refractivity contribution in [3.05, 3.63) is 183 Å². The average molecular weight is 1430 g/mol. The van der Waals surface area contributed by atoms with Crippen molar-refractivity contribution in [2.45, 2.75) is 106 Å². The number of hydrogen-bond donors (Lipinski definition) is 1. The maximum atomic E-state index is 14.3. The number of fused-ring (bicyclic) bond motifs is 2. The molecule has 3 aliphatic heterocycles. The summed E-state index contributed by atoms with van der Waals surface area (Å²) in [7, 11) is 8.63. The number of amides is 5. The van der Waals surface area contributed by atoms with E-state index in [-0.39, 0.29) is 55.6 Å². The van der Waals surface area contributed by atoms with Crippen LogP contribution in [0, 0.1) is 5.82 Å². The molecule has 17 nitrogen and oxygen atoms in total. The summed E-state index contributed by atoms with van der Waals surface area (Å²) in [6.45, 7) is 4.92. The Balaban J connectivity index is 0.633. The minimum Gasteiger partial charge on any atom is -0.496 e. The van der Waals surface area contributed by atoms with Gasteiger partial charge in [-0.2, -0.15) is 26.3 Å². The summed E-state index contributed by atoms with van der Waals surface area (Å²) in [4.78, 5) is 80.1. The summed E-state index contributed by atoms with van der Waals surface area (Å²) >= 11 is 6.86. The van der Waals surface area contributed by atoms with Gasteiger partial charge < -0.3 is 53.2 Å². The molecule has 1 N–H and O–H groups in total. The van der Waals surface area contributed by atoms with Crippen LogP contribution in [-0.4, -0.2) is 192 Å². The smallest absolute Gasteiger partial charge is 0.416 e. The maximum absolute atomic E-state index is 14.3. The first kappa shape index (κ1) is 75.4. The molecule has 3 fully saturated rings. The Labute approximate surface area is 590 Å². The van der Waals surface area contributed by atoms with Crippen molar-refractivity contribution in [3.8, 4) is 16.9 Å². The molecule has 6 aromatic rings. The molecule has 4 aliphatic rings. The summed E-state index contributed by atoms with van der Waals surface area (Å²) in [6, 6.07) is 35.2. The average Bonchev–Trinajstić information content (AvgIpc) is 1.53. The predicted octanol–water partition coefficient (Wildman–Crippen LogP) is 13.7. The van der Waals surface area contributed by atoms with Crippen LogP contribution in [0.4, 0.5) is 46.9 Å². The standard InChI is InChI=1S/C76H88ClF7N8O9/c1-86(33-15-7-10-23-68(93)88(3)41-42-90-36-28-59(29-37-90)101-72(97)85-64-22-14-12-20-60(64)52-17-8-6-9-18-52)65-48-66(98-5)61(47-63(65)77)71(96)89(4)35-16-34-87(2)69(94)49-99-67-45-53-19-11-13-21-62(53)73(67)30-38-91(39-31-73)40-32-74(55-24-26-58(78)27-25-55)50-92(51-100-74)70(95)54-43-56(75(79,80)81)46-57(44-54)76(82,83)84/h6,8-9,11-14,17-22,24-27,43-44,46-48,59,67H,7,10,15-16,23,28-42,45,49-51H2,1-5H3,(H,85,97)/t67-,74+/m0/s1. The molecule has 3 saturated heterocycles. The van der Waals surface area contributed by atoms with E-state index in [1.807, 2.05) is 85.7 Å². The highest BCUT2D eigenvalue weighted by atomic mass is 35.5. The van der Waals surface area contributed by atoms with E-state index in [0.29, 0.717) is 136 Å². The molecule has 0 radical (unpaired) electrons. The van der Waals surface area contributed by atoms with E-state index in [4.69, 9.17) is 30.5 Å². The van der Waals surface area contributed by atoms with Gasteiger partial charge in [-0.25, -0.2) is 9.18 Å². The molecule has 542 valence electrons. The van der Waals surface area contributed by atoms with Crippen molar-refractivity contribution in [1.82, 2.24) is 29.4 Å². The fourth-order valence-corrected chi connectivity index (χ4v) is 14.6. The van der Waals surface area contributed by atoms with Crippen LogP contribution in [0.3, 0.4) is 0 Å². The number of alkyl halides is 6. The maximum Gasteiger partial charge on any atom is 0.416 e. The number of likely N-dealkylation sites (N-methyl/N-ethyl adjacent to an activating group) is 2. The van der Waals surface area contributed by atoms with Crippen LogP contribution < -0.4 is 15.0 Å². The van der Waals surface area contributed by atoms with E-state index < -0.39 is 64.6 Å². The molecule has 3 heterocycles. The lowest BCUT2D eigenvalue weighted by molar-refractivity contribution is -0.143. The van der Waals surface area contributed by atoms with Crippen molar-refractivity contribution in [2.75, 3.05) is 131 Å². The number of piperidine rings is 2. The number of likely N-dealkylation sites (tertiary alicyclic amines) is 2. The molecule has 0 saturated carbocycles. The number of unbranched alkanes of at least 4 members (excludes halogenated alkanes) is 2. The molecule has 0 bridgehead atoms. The predicted molar refractivity (Wildman–Crippen MR) is 371 cm³/mol. The molecule has 10 rings (SSSR count). The monoisotopic (exact) mass is 1420 g/mol.